The van der Waals surface area contributed by atoms with E-state index in [0.29, 0.717) is 15.4 Å². The molecule has 1 amide bonds. The standard InChI is InChI=1S/C19H18FN3O2S2/c20-13-6-4-12(5-7-13)14-10-26-18-16(14)17(25)21-19(22-18)27-11-15(24)23-8-2-1-3-9-23/h4-7,10H,1-3,8-9,11H2,(H,21,22,25). The Morgan fingerprint density at radius 3 is 2.70 bits per heavy atom. The fraction of sp³-hybridized carbons (Fsp3) is 0.316. The lowest BCUT2D eigenvalue weighted by atomic mass is 10.1. The van der Waals surface area contributed by atoms with E-state index < -0.39 is 0 Å². The molecule has 0 aliphatic carbocycles. The summed E-state index contributed by atoms with van der Waals surface area (Å²) in [5.74, 6) is 0.0352. The van der Waals surface area contributed by atoms with Crippen molar-refractivity contribution in [2.24, 2.45) is 0 Å². The number of likely N-dealkylation sites (tertiary alicyclic amines) is 1. The molecule has 0 spiro atoms. The van der Waals surface area contributed by atoms with Crippen molar-refractivity contribution in [3.63, 3.8) is 0 Å². The third-order valence-corrected chi connectivity index (χ3v) is 6.35. The third kappa shape index (κ3) is 3.91. The van der Waals surface area contributed by atoms with Gasteiger partial charge in [0.25, 0.3) is 5.56 Å². The van der Waals surface area contributed by atoms with E-state index >= 15 is 0 Å². The minimum absolute atomic E-state index is 0.0839. The highest BCUT2D eigenvalue weighted by atomic mass is 32.2. The number of benzene rings is 1. The van der Waals surface area contributed by atoms with Crippen LogP contribution in [-0.2, 0) is 4.79 Å². The predicted octanol–water partition coefficient (Wildman–Crippen LogP) is 3.90. The number of hydrogen-bond donors (Lipinski definition) is 1. The Balaban J connectivity index is 1.55. The second-order valence-electron chi connectivity index (χ2n) is 6.44. The summed E-state index contributed by atoms with van der Waals surface area (Å²) < 4.78 is 13.1. The van der Waals surface area contributed by atoms with Gasteiger partial charge in [-0.3, -0.25) is 9.59 Å². The fourth-order valence-electron chi connectivity index (χ4n) is 3.20. The highest BCUT2D eigenvalue weighted by Gasteiger charge is 2.18. The molecule has 1 fully saturated rings. The zero-order chi connectivity index (χ0) is 18.8. The molecular formula is C19H18FN3O2S2. The van der Waals surface area contributed by atoms with Gasteiger partial charge in [-0.25, -0.2) is 9.37 Å². The van der Waals surface area contributed by atoms with E-state index in [2.05, 4.69) is 9.97 Å². The number of aromatic nitrogens is 2. The van der Waals surface area contributed by atoms with Gasteiger partial charge in [0.05, 0.1) is 11.1 Å². The number of carbonyl (C=O) groups is 1. The molecule has 0 saturated carbocycles. The number of halogens is 1. The lowest BCUT2D eigenvalue weighted by Gasteiger charge is -2.26. The summed E-state index contributed by atoms with van der Waals surface area (Å²) in [5, 5.41) is 2.80. The molecule has 27 heavy (non-hydrogen) atoms. The Bertz CT molecular complexity index is 1020. The van der Waals surface area contributed by atoms with Gasteiger partial charge in [0.2, 0.25) is 5.91 Å². The molecular weight excluding hydrogens is 385 g/mol. The number of H-pyrrole nitrogens is 1. The van der Waals surface area contributed by atoms with E-state index in [1.54, 1.807) is 12.1 Å². The van der Waals surface area contributed by atoms with Crippen LogP contribution >= 0.6 is 23.1 Å². The SMILES string of the molecule is O=C(CSc1nc2scc(-c3ccc(F)cc3)c2c(=O)[nH]1)N1CCCCC1. The average molecular weight is 404 g/mol. The number of fused-ring (bicyclic) bond motifs is 1. The van der Waals surface area contributed by atoms with E-state index in [-0.39, 0.29) is 23.0 Å². The highest BCUT2D eigenvalue weighted by molar-refractivity contribution is 7.99. The number of thioether (sulfide) groups is 1. The van der Waals surface area contributed by atoms with Crippen LogP contribution in [0.25, 0.3) is 21.3 Å². The van der Waals surface area contributed by atoms with Gasteiger partial charge in [-0.15, -0.1) is 11.3 Å². The number of hydrogen-bond acceptors (Lipinski definition) is 5. The fourth-order valence-corrected chi connectivity index (χ4v) is 4.97. The zero-order valence-corrected chi connectivity index (χ0v) is 16.2. The first-order valence-electron chi connectivity index (χ1n) is 8.80. The predicted molar refractivity (Wildman–Crippen MR) is 107 cm³/mol. The van der Waals surface area contributed by atoms with Crippen LogP contribution in [0.15, 0.2) is 39.6 Å². The summed E-state index contributed by atoms with van der Waals surface area (Å²) >= 11 is 2.63. The highest BCUT2D eigenvalue weighted by Crippen LogP contribution is 2.31. The number of aromatic amines is 1. The van der Waals surface area contributed by atoms with Crippen LogP contribution in [0, 0.1) is 5.82 Å². The number of nitrogens with zero attached hydrogens (tertiary/aromatic N) is 2. The Labute approximate surface area is 163 Å². The Kier molecular flexibility index (Phi) is 5.27. The normalized spacial score (nSPS) is 14.6. The lowest BCUT2D eigenvalue weighted by Crippen LogP contribution is -2.36. The van der Waals surface area contributed by atoms with E-state index in [9.17, 15) is 14.0 Å². The molecule has 3 aromatic rings. The molecule has 140 valence electrons. The molecule has 1 N–H and O–H groups in total. The topological polar surface area (TPSA) is 66.1 Å². The van der Waals surface area contributed by atoms with E-state index in [0.717, 1.165) is 37.1 Å². The lowest BCUT2D eigenvalue weighted by molar-refractivity contribution is -0.129. The second kappa shape index (κ2) is 7.82. The number of piperidine rings is 1. The summed E-state index contributed by atoms with van der Waals surface area (Å²) in [6.45, 7) is 1.63. The number of rotatable bonds is 4. The maximum Gasteiger partial charge on any atom is 0.260 e. The van der Waals surface area contributed by atoms with Crippen LogP contribution in [0.1, 0.15) is 19.3 Å². The average Bonchev–Trinajstić information content (AvgIpc) is 3.12. The molecule has 0 radical (unpaired) electrons. The second-order valence-corrected chi connectivity index (χ2v) is 8.26. The third-order valence-electron chi connectivity index (χ3n) is 4.62. The summed E-state index contributed by atoms with van der Waals surface area (Å²) in [4.78, 5) is 34.7. The first-order valence-corrected chi connectivity index (χ1v) is 10.7. The summed E-state index contributed by atoms with van der Waals surface area (Å²) in [5.41, 5.74) is 1.27. The van der Waals surface area contributed by atoms with Crippen LogP contribution < -0.4 is 5.56 Å². The molecule has 0 unspecified atom stereocenters. The van der Waals surface area contributed by atoms with Gasteiger partial charge >= 0.3 is 0 Å². The first-order chi connectivity index (χ1) is 13.1. The molecule has 0 atom stereocenters. The summed E-state index contributed by atoms with van der Waals surface area (Å²) in [6.07, 6.45) is 3.29. The van der Waals surface area contributed by atoms with E-state index in [4.69, 9.17) is 0 Å². The van der Waals surface area contributed by atoms with Crippen molar-refractivity contribution in [3.05, 3.63) is 45.8 Å². The largest absolute Gasteiger partial charge is 0.342 e. The number of amides is 1. The van der Waals surface area contributed by atoms with Crippen molar-refractivity contribution in [1.29, 1.82) is 0 Å². The number of carbonyl (C=O) groups excluding carboxylic acids is 1. The quantitative estimate of drug-likeness (QED) is 0.530. The van der Waals surface area contributed by atoms with Crippen molar-refractivity contribution >= 4 is 39.2 Å². The maximum atomic E-state index is 13.1. The van der Waals surface area contributed by atoms with Crippen LogP contribution in [0.4, 0.5) is 4.39 Å². The van der Waals surface area contributed by atoms with E-state index in [1.165, 1.54) is 41.7 Å². The van der Waals surface area contributed by atoms with Crippen LogP contribution in [0.5, 0.6) is 0 Å². The minimum Gasteiger partial charge on any atom is -0.342 e. The van der Waals surface area contributed by atoms with Crippen molar-refractivity contribution < 1.29 is 9.18 Å². The van der Waals surface area contributed by atoms with Gasteiger partial charge in [-0.05, 0) is 37.0 Å². The van der Waals surface area contributed by atoms with Crippen LogP contribution in [0.2, 0.25) is 0 Å². The van der Waals surface area contributed by atoms with Crippen molar-refractivity contribution in [1.82, 2.24) is 14.9 Å². The summed E-state index contributed by atoms with van der Waals surface area (Å²) in [6, 6.07) is 6.04. The van der Waals surface area contributed by atoms with Gasteiger partial charge in [0.1, 0.15) is 10.6 Å². The van der Waals surface area contributed by atoms with Crippen LogP contribution in [-0.4, -0.2) is 39.6 Å². The smallest absolute Gasteiger partial charge is 0.260 e. The minimum atomic E-state index is -0.317. The van der Waals surface area contributed by atoms with Crippen molar-refractivity contribution in [2.45, 2.75) is 24.4 Å². The van der Waals surface area contributed by atoms with Crippen LogP contribution in [0.3, 0.4) is 0 Å². The Morgan fingerprint density at radius 2 is 1.96 bits per heavy atom. The molecule has 1 aliphatic heterocycles. The van der Waals surface area contributed by atoms with Gasteiger partial charge in [-0.1, -0.05) is 23.9 Å². The molecule has 2 aromatic heterocycles. The molecule has 0 bridgehead atoms. The van der Waals surface area contributed by atoms with Gasteiger partial charge < -0.3 is 9.88 Å². The van der Waals surface area contributed by atoms with Crippen molar-refractivity contribution in [2.75, 3.05) is 18.8 Å². The molecule has 4 rings (SSSR count). The Hall–Kier alpha value is -2.19. The van der Waals surface area contributed by atoms with Gasteiger partial charge in [-0.2, -0.15) is 0 Å². The maximum absolute atomic E-state index is 13.1. The monoisotopic (exact) mass is 403 g/mol. The molecule has 1 saturated heterocycles. The molecule has 1 aliphatic rings. The van der Waals surface area contributed by atoms with Gasteiger partial charge in [0, 0.05) is 24.0 Å². The van der Waals surface area contributed by atoms with E-state index in [1.807, 2.05) is 10.3 Å². The molecule has 1 aromatic carbocycles. The van der Waals surface area contributed by atoms with Crippen molar-refractivity contribution in [3.8, 4) is 11.1 Å². The summed E-state index contributed by atoms with van der Waals surface area (Å²) in [7, 11) is 0. The molecule has 3 heterocycles. The molecule has 8 heteroatoms. The number of thiophene rings is 1. The number of nitrogens with one attached hydrogen (secondary N) is 1. The van der Waals surface area contributed by atoms with Gasteiger partial charge in [0.15, 0.2) is 5.16 Å². The Morgan fingerprint density at radius 1 is 1.22 bits per heavy atom. The molecule has 5 nitrogen and oxygen atoms in total. The first kappa shape index (κ1) is 18.2. The zero-order valence-electron chi connectivity index (χ0n) is 14.5.